The zero-order chi connectivity index (χ0) is 11.4. The fraction of sp³-hybridized carbons (Fsp3) is 0.333. The van der Waals surface area contributed by atoms with E-state index < -0.39 is 18.0 Å². The molecule has 0 saturated carbocycles. The molecule has 1 unspecified atom stereocenters. The Hall–Kier alpha value is -1.82. The Morgan fingerprint density at radius 1 is 1.53 bits per heavy atom. The van der Waals surface area contributed by atoms with Crippen LogP contribution in [0.1, 0.15) is 29.3 Å². The summed E-state index contributed by atoms with van der Waals surface area (Å²) in [5.41, 5.74) is 0. The fourth-order valence-electron chi connectivity index (χ4n) is 0.952. The predicted octanol–water partition coefficient (Wildman–Crippen LogP) is 0.574. The van der Waals surface area contributed by atoms with Crippen molar-refractivity contribution in [2.75, 3.05) is 6.61 Å². The molecule has 0 aromatic carbocycles. The lowest BCUT2D eigenvalue weighted by Crippen LogP contribution is -2.14. The minimum atomic E-state index is -1.59. The number of carboxylic acid groups (broad SMARTS) is 1. The van der Waals surface area contributed by atoms with E-state index in [1.54, 1.807) is 6.92 Å². The second-order valence-corrected chi connectivity index (χ2v) is 2.66. The molecule has 1 heterocycles. The zero-order valence-electron chi connectivity index (χ0n) is 7.97. The fourth-order valence-corrected chi connectivity index (χ4v) is 0.952. The van der Waals surface area contributed by atoms with Gasteiger partial charge in [0.1, 0.15) is 5.76 Å². The number of aliphatic hydroxyl groups is 1. The smallest absolute Gasteiger partial charge is 0.371 e. The second-order valence-electron chi connectivity index (χ2n) is 2.66. The molecule has 1 aromatic rings. The maximum Gasteiger partial charge on any atom is 0.371 e. The molecule has 2 N–H and O–H groups in total. The molecule has 6 nitrogen and oxygen atoms in total. The Morgan fingerprint density at radius 3 is 2.67 bits per heavy atom. The SMILES string of the molecule is CCOC(=O)C(O)c1ccc(C(=O)O)o1. The van der Waals surface area contributed by atoms with Gasteiger partial charge in [-0.2, -0.15) is 0 Å². The molecular weight excluding hydrogens is 204 g/mol. The molecule has 0 aliphatic heterocycles. The predicted molar refractivity (Wildman–Crippen MR) is 47.3 cm³/mol. The molecule has 0 saturated heterocycles. The number of aliphatic hydroxyl groups excluding tert-OH is 1. The van der Waals surface area contributed by atoms with Crippen LogP contribution in [0.3, 0.4) is 0 Å². The molecule has 1 atom stereocenters. The molecular formula is C9H10O6. The number of hydrogen-bond donors (Lipinski definition) is 2. The van der Waals surface area contributed by atoms with Crippen LogP contribution in [0.5, 0.6) is 0 Å². The van der Waals surface area contributed by atoms with Crippen molar-refractivity contribution in [3.05, 3.63) is 23.7 Å². The van der Waals surface area contributed by atoms with Gasteiger partial charge in [0, 0.05) is 0 Å². The summed E-state index contributed by atoms with van der Waals surface area (Å²) in [6.45, 7) is 1.72. The third-order valence-corrected chi connectivity index (χ3v) is 1.62. The van der Waals surface area contributed by atoms with Gasteiger partial charge in [-0.15, -0.1) is 0 Å². The second kappa shape index (κ2) is 4.61. The Labute approximate surface area is 85.1 Å². The maximum absolute atomic E-state index is 11.0. The van der Waals surface area contributed by atoms with Gasteiger partial charge < -0.3 is 19.4 Å². The molecule has 6 heteroatoms. The molecule has 0 fully saturated rings. The van der Waals surface area contributed by atoms with Gasteiger partial charge in [-0.05, 0) is 19.1 Å². The lowest BCUT2D eigenvalue weighted by Gasteiger charge is -2.05. The molecule has 0 bridgehead atoms. The average molecular weight is 214 g/mol. The van der Waals surface area contributed by atoms with E-state index in [4.69, 9.17) is 9.52 Å². The van der Waals surface area contributed by atoms with Crippen molar-refractivity contribution in [1.29, 1.82) is 0 Å². The van der Waals surface area contributed by atoms with Gasteiger partial charge in [0.15, 0.2) is 0 Å². The summed E-state index contributed by atoms with van der Waals surface area (Å²) >= 11 is 0. The van der Waals surface area contributed by atoms with Crippen molar-refractivity contribution in [2.45, 2.75) is 13.0 Å². The van der Waals surface area contributed by atoms with Crippen molar-refractivity contribution >= 4 is 11.9 Å². The van der Waals surface area contributed by atoms with Gasteiger partial charge in [0.05, 0.1) is 6.61 Å². The normalized spacial score (nSPS) is 12.1. The van der Waals surface area contributed by atoms with E-state index in [1.165, 1.54) is 6.07 Å². The number of ether oxygens (including phenoxy) is 1. The van der Waals surface area contributed by atoms with Crippen LogP contribution in [0.15, 0.2) is 16.5 Å². The van der Waals surface area contributed by atoms with Crippen molar-refractivity contribution in [1.82, 2.24) is 0 Å². The monoisotopic (exact) mass is 214 g/mol. The summed E-state index contributed by atoms with van der Waals surface area (Å²) in [6, 6.07) is 2.37. The van der Waals surface area contributed by atoms with Gasteiger partial charge >= 0.3 is 11.9 Å². The number of esters is 1. The highest BCUT2D eigenvalue weighted by molar-refractivity contribution is 5.84. The first-order valence-electron chi connectivity index (χ1n) is 4.24. The summed E-state index contributed by atoms with van der Waals surface area (Å²) in [5, 5.41) is 17.9. The molecule has 1 rings (SSSR count). The number of carbonyl (C=O) groups is 2. The molecule has 0 radical (unpaired) electrons. The quantitative estimate of drug-likeness (QED) is 0.711. The molecule has 0 spiro atoms. The molecule has 0 amide bonds. The summed E-state index contributed by atoms with van der Waals surface area (Å²) in [6.07, 6.45) is -1.59. The molecule has 0 aliphatic rings. The zero-order valence-corrected chi connectivity index (χ0v) is 7.97. The van der Waals surface area contributed by atoms with E-state index in [0.29, 0.717) is 0 Å². The van der Waals surface area contributed by atoms with E-state index in [0.717, 1.165) is 6.07 Å². The number of carbonyl (C=O) groups excluding carboxylic acids is 1. The number of aromatic carboxylic acids is 1. The van der Waals surface area contributed by atoms with Gasteiger partial charge in [-0.25, -0.2) is 9.59 Å². The third-order valence-electron chi connectivity index (χ3n) is 1.62. The van der Waals surface area contributed by atoms with Crippen LogP contribution in [0, 0.1) is 0 Å². The molecule has 0 aliphatic carbocycles. The standard InChI is InChI=1S/C9H10O6/c1-2-14-9(13)7(10)5-3-4-6(15-5)8(11)12/h3-4,7,10H,2H2,1H3,(H,11,12). The van der Waals surface area contributed by atoms with Crippen molar-refractivity contribution in [3.63, 3.8) is 0 Å². The van der Waals surface area contributed by atoms with E-state index >= 15 is 0 Å². The van der Waals surface area contributed by atoms with E-state index in [-0.39, 0.29) is 18.1 Å². The highest BCUT2D eigenvalue weighted by atomic mass is 16.5. The Morgan fingerprint density at radius 2 is 2.20 bits per heavy atom. The topological polar surface area (TPSA) is 97.0 Å². The minimum absolute atomic E-state index is 0.127. The summed E-state index contributed by atoms with van der Waals surface area (Å²) in [7, 11) is 0. The first-order valence-corrected chi connectivity index (χ1v) is 4.24. The molecule has 1 aromatic heterocycles. The van der Waals surface area contributed by atoms with Gasteiger partial charge in [-0.1, -0.05) is 0 Å². The van der Waals surface area contributed by atoms with E-state index in [9.17, 15) is 14.7 Å². The van der Waals surface area contributed by atoms with Crippen LogP contribution in [-0.4, -0.2) is 28.8 Å². The van der Waals surface area contributed by atoms with Crippen LogP contribution in [0.4, 0.5) is 0 Å². The first kappa shape index (κ1) is 11.3. The largest absolute Gasteiger partial charge is 0.475 e. The average Bonchev–Trinajstić information content (AvgIpc) is 2.65. The summed E-state index contributed by atoms with van der Waals surface area (Å²) in [5.74, 6) is -2.62. The Bertz CT molecular complexity index is 366. The lowest BCUT2D eigenvalue weighted by atomic mass is 10.3. The van der Waals surface area contributed by atoms with E-state index in [1.807, 2.05) is 0 Å². The first-order chi connectivity index (χ1) is 7.06. The highest BCUT2D eigenvalue weighted by Crippen LogP contribution is 2.17. The van der Waals surface area contributed by atoms with Crippen LogP contribution in [0.2, 0.25) is 0 Å². The summed E-state index contributed by atoms with van der Waals surface area (Å²) < 4.78 is 9.26. The molecule has 15 heavy (non-hydrogen) atoms. The maximum atomic E-state index is 11.0. The third kappa shape index (κ3) is 2.57. The summed E-state index contributed by atoms with van der Waals surface area (Å²) in [4.78, 5) is 21.5. The van der Waals surface area contributed by atoms with Gasteiger partial charge in [0.25, 0.3) is 0 Å². The lowest BCUT2D eigenvalue weighted by molar-refractivity contribution is -0.154. The number of carboxylic acids is 1. The minimum Gasteiger partial charge on any atom is -0.475 e. The number of hydrogen-bond acceptors (Lipinski definition) is 5. The van der Waals surface area contributed by atoms with Gasteiger partial charge in [0.2, 0.25) is 11.9 Å². The van der Waals surface area contributed by atoms with Crippen LogP contribution < -0.4 is 0 Å². The van der Waals surface area contributed by atoms with Gasteiger partial charge in [-0.3, -0.25) is 0 Å². The Kier molecular flexibility index (Phi) is 3.46. The molecule has 82 valence electrons. The van der Waals surface area contributed by atoms with E-state index in [2.05, 4.69) is 4.74 Å². The van der Waals surface area contributed by atoms with Crippen LogP contribution in [0.25, 0.3) is 0 Å². The van der Waals surface area contributed by atoms with Crippen molar-refractivity contribution in [3.8, 4) is 0 Å². The van der Waals surface area contributed by atoms with Crippen LogP contribution >= 0.6 is 0 Å². The number of rotatable bonds is 4. The number of furan rings is 1. The van der Waals surface area contributed by atoms with Crippen LogP contribution in [-0.2, 0) is 9.53 Å². The van der Waals surface area contributed by atoms with Crippen molar-refractivity contribution in [2.24, 2.45) is 0 Å². The Balaban J connectivity index is 2.78. The highest BCUT2D eigenvalue weighted by Gasteiger charge is 2.23. The van der Waals surface area contributed by atoms with Crippen molar-refractivity contribution < 1.29 is 29.0 Å².